The number of amides is 1. The van der Waals surface area contributed by atoms with E-state index in [1.165, 1.54) is 0 Å². The summed E-state index contributed by atoms with van der Waals surface area (Å²) in [5.74, 6) is 1.11. The number of anilines is 1. The first-order valence-electron chi connectivity index (χ1n) is 9.15. The monoisotopic (exact) mass is 349 g/mol. The quantitative estimate of drug-likeness (QED) is 0.915. The zero-order chi connectivity index (χ0) is 18.7. The van der Waals surface area contributed by atoms with Crippen LogP contribution in [0.1, 0.15) is 26.3 Å². The van der Waals surface area contributed by atoms with Gasteiger partial charge in [-0.2, -0.15) is 0 Å². The molecule has 0 spiro atoms. The topological polar surface area (TPSA) is 44.7 Å². The van der Waals surface area contributed by atoms with Crippen molar-refractivity contribution in [2.75, 3.05) is 11.9 Å². The third-order valence-corrected chi connectivity index (χ3v) is 5.32. The first-order chi connectivity index (χ1) is 12.4. The van der Waals surface area contributed by atoms with Gasteiger partial charge >= 0.3 is 0 Å². The average molecular weight is 349 g/mol. The molecule has 3 rings (SSSR count). The summed E-state index contributed by atoms with van der Waals surface area (Å²) < 4.78 is 0. The second kappa shape index (κ2) is 7.32. The van der Waals surface area contributed by atoms with Gasteiger partial charge in [0.1, 0.15) is 11.9 Å². The normalized spacial score (nSPS) is 22.7. The first-order valence-corrected chi connectivity index (χ1v) is 9.15. The van der Waals surface area contributed by atoms with Crippen LogP contribution in [0.2, 0.25) is 0 Å². The number of hydrogen-bond acceptors (Lipinski definition) is 3. The van der Waals surface area contributed by atoms with Crippen LogP contribution >= 0.6 is 0 Å². The van der Waals surface area contributed by atoms with Gasteiger partial charge in [0.15, 0.2) is 0 Å². The van der Waals surface area contributed by atoms with Crippen molar-refractivity contribution < 1.29 is 4.79 Å². The molecule has 0 aromatic heterocycles. The minimum atomic E-state index is -0.505. The SMILES string of the molecule is CC(C)[C@]1(C)NC(=O)[C@H](Cc2ccccc2)N=C1N(C)c1ccccc1. The first kappa shape index (κ1) is 18.2. The Morgan fingerprint density at radius 3 is 2.23 bits per heavy atom. The van der Waals surface area contributed by atoms with E-state index in [1.807, 2.05) is 55.6 Å². The van der Waals surface area contributed by atoms with Gasteiger partial charge in [-0.05, 0) is 30.5 Å². The van der Waals surface area contributed by atoms with Crippen LogP contribution in [0.5, 0.6) is 0 Å². The van der Waals surface area contributed by atoms with Gasteiger partial charge in [0.05, 0.1) is 5.54 Å². The van der Waals surface area contributed by atoms with Gasteiger partial charge in [-0.1, -0.05) is 62.4 Å². The van der Waals surface area contributed by atoms with E-state index in [4.69, 9.17) is 4.99 Å². The van der Waals surface area contributed by atoms with Crippen molar-refractivity contribution in [1.29, 1.82) is 0 Å². The molecule has 1 aliphatic rings. The van der Waals surface area contributed by atoms with Gasteiger partial charge in [0.2, 0.25) is 5.91 Å². The predicted molar refractivity (Wildman–Crippen MR) is 108 cm³/mol. The number of aliphatic imine (C=N–C) groups is 1. The summed E-state index contributed by atoms with van der Waals surface area (Å²) in [7, 11) is 2.02. The Morgan fingerprint density at radius 1 is 1.08 bits per heavy atom. The lowest BCUT2D eigenvalue weighted by Crippen LogP contribution is -2.65. The molecular weight excluding hydrogens is 322 g/mol. The third-order valence-electron chi connectivity index (χ3n) is 5.32. The van der Waals surface area contributed by atoms with Crippen LogP contribution in [-0.4, -0.2) is 30.4 Å². The Balaban J connectivity index is 1.99. The molecule has 0 saturated carbocycles. The molecule has 1 N–H and O–H groups in total. The zero-order valence-electron chi connectivity index (χ0n) is 15.9. The molecule has 136 valence electrons. The van der Waals surface area contributed by atoms with E-state index in [0.29, 0.717) is 6.42 Å². The fourth-order valence-corrected chi connectivity index (χ4v) is 3.32. The molecule has 2 aromatic carbocycles. The third kappa shape index (κ3) is 3.50. The summed E-state index contributed by atoms with van der Waals surface area (Å²) in [5, 5.41) is 3.25. The fourth-order valence-electron chi connectivity index (χ4n) is 3.32. The van der Waals surface area contributed by atoms with E-state index in [1.54, 1.807) is 0 Å². The average Bonchev–Trinajstić information content (AvgIpc) is 2.65. The van der Waals surface area contributed by atoms with Crippen LogP contribution in [0.4, 0.5) is 5.69 Å². The maximum atomic E-state index is 12.8. The lowest BCUT2D eigenvalue weighted by molar-refractivity contribution is -0.124. The molecule has 0 fully saturated rings. The van der Waals surface area contributed by atoms with E-state index < -0.39 is 11.6 Å². The molecule has 2 atom stereocenters. The number of rotatable bonds is 4. The molecular formula is C22H27N3O. The Kier molecular flexibility index (Phi) is 5.12. The minimum Gasteiger partial charge on any atom is -0.342 e. The van der Waals surface area contributed by atoms with Crippen LogP contribution in [0.3, 0.4) is 0 Å². The summed E-state index contributed by atoms with van der Waals surface area (Å²) in [6.07, 6.45) is 0.604. The molecule has 0 saturated heterocycles. The van der Waals surface area contributed by atoms with E-state index >= 15 is 0 Å². The van der Waals surface area contributed by atoms with Gasteiger partial charge in [-0.3, -0.25) is 9.79 Å². The van der Waals surface area contributed by atoms with Crippen molar-refractivity contribution >= 4 is 17.4 Å². The van der Waals surface area contributed by atoms with Crippen LogP contribution in [0.15, 0.2) is 65.7 Å². The van der Waals surface area contributed by atoms with Crippen molar-refractivity contribution in [3.8, 4) is 0 Å². The zero-order valence-corrected chi connectivity index (χ0v) is 15.9. The van der Waals surface area contributed by atoms with E-state index in [9.17, 15) is 4.79 Å². The Hall–Kier alpha value is -2.62. The molecule has 1 aliphatic heterocycles. The van der Waals surface area contributed by atoms with Crippen LogP contribution in [0, 0.1) is 5.92 Å². The van der Waals surface area contributed by atoms with Crippen molar-refractivity contribution in [3.05, 3.63) is 66.2 Å². The molecule has 2 aromatic rings. The number of carbonyl (C=O) groups excluding carboxylic acids is 1. The summed E-state index contributed by atoms with van der Waals surface area (Å²) in [4.78, 5) is 19.8. The Labute approximate surface area is 155 Å². The number of para-hydroxylation sites is 1. The largest absolute Gasteiger partial charge is 0.342 e. The van der Waals surface area contributed by atoms with Crippen molar-refractivity contribution in [2.24, 2.45) is 10.9 Å². The van der Waals surface area contributed by atoms with Crippen molar-refractivity contribution in [2.45, 2.75) is 38.8 Å². The number of nitrogens with zero attached hydrogens (tertiary/aromatic N) is 2. The van der Waals surface area contributed by atoms with E-state index in [-0.39, 0.29) is 11.8 Å². The molecule has 1 amide bonds. The second-order valence-electron chi connectivity index (χ2n) is 7.40. The van der Waals surface area contributed by atoms with Gasteiger partial charge in [-0.25, -0.2) is 0 Å². The van der Waals surface area contributed by atoms with Crippen LogP contribution in [0.25, 0.3) is 0 Å². The Bertz CT molecular complexity index is 786. The van der Waals surface area contributed by atoms with Crippen molar-refractivity contribution in [1.82, 2.24) is 5.32 Å². The highest BCUT2D eigenvalue weighted by molar-refractivity contribution is 6.09. The maximum Gasteiger partial charge on any atom is 0.246 e. The van der Waals surface area contributed by atoms with Gasteiger partial charge in [-0.15, -0.1) is 0 Å². The highest BCUT2D eigenvalue weighted by Crippen LogP contribution is 2.28. The number of nitrogens with one attached hydrogen (secondary N) is 1. The van der Waals surface area contributed by atoms with Gasteiger partial charge in [0, 0.05) is 19.2 Å². The number of carbonyl (C=O) groups is 1. The molecule has 4 nitrogen and oxygen atoms in total. The van der Waals surface area contributed by atoms with Gasteiger partial charge < -0.3 is 10.2 Å². The molecule has 1 heterocycles. The van der Waals surface area contributed by atoms with Crippen LogP contribution in [-0.2, 0) is 11.2 Å². The molecule has 4 heteroatoms. The predicted octanol–water partition coefficient (Wildman–Crippen LogP) is 3.68. The van der Waals surface area contributed by atoms with Crippen LogP contribution < -0.4 is 10.2 Å². The standard InChI is InChI=1S/C22H27N3O/c1-16(2)22(3)21(25(4)18-13-9-6-10-14-18)23-19(20(26)24-22)15-17-11-7-5-8-12-17/h5-14,16,19H,15H2,1-4H3,(H,24,26)/t19-,22-/m0/s1. The van der Waals surface area contributed by atoms with E-state index in [2.05, 4.69) is 43.1 Å². The number of amidine groups is 1. The lowest BCUT2D eigenvalue weighted by atomic mass is 9.83. The molecule has 26 heavy (non-hydrogen) atoms. The highest BCUT2D eigenvalue weighted by Gasteiger charge is 2.43. The summed E-state index contributed by atoms with van der Waals surface area (Å²) in [6, 6.07) is 19.8. The summed E-state index contributed by atoms with van der Waals surface area (Å²) in [5.41, 5.74) is 1.67. The number of benzene rings is 2. The maximum absolute atomic E-state index is 12.8. The molecule has 0 unspecified atom stereocenters. The number of likely N-dealkylation sites (N-methyl/N-ethyl adjacent to an activating group) is 1. The smallest absolute Gasteiger partial charge is 0.246 e. The summed E-state index contributed by atoms with van der Waals surface area (Å²) in [6.45, 7) is 6.30. The van der Waals surface area contributed by atoms with Gasteiger partial charge in [0.25, 0.3) is 0 Å². The Morgan fingerprint density at radius 2 is 1.65 bits per heavy atom. The fraction of sp³-hybridized carbons (Fsp3) is 0.364. The minimum absolute atomic E-state index is 0.00438. The lowest BCUT2D eigenvalue weighted by Gasteiger charge is -2.44. The highest BCUT2D eigenvalue weighted by atomic mass is 16.2. The van der Waals surface area contributed by atoms with E-state index in [0.717, 1.165) is 17.1 Å². The molecule has 0 bridgehead atoms. The molecule has 0 aliphatic carbocycles. The molecule has 0 radical (unpaired) electrons. The number of hydrogen-bond donors (Lipinski definition) is 1. The van der Waals surface area contributed by atoms with Crippen molar-refractivity contribution in [3.63, 3.8) is 0 Å². The summed E-state index contributed by atoms with van der Waals surface area (Å²) >= 11 is 0. The second-order valence-corrected chi connectivity index (χ2v) is 7.40.